The van der Waals surface area contributed by atoms with Gasteiger partial charge >= 0.3 is 0 Å². The Morgan fingerprint density at radius 3 is 2.16 bits per heavy atom. The molecule has 2 N–H and O–H groups in total. The molecule has 0 saturated carbocycles. The van der Waals surface area contributed by atoms with Crippen LogP contribution in [0.25, 0.3) is 0 Å². The zero-order valence-corrected chi connectivity index (χ0v) is 20.4. The van der Waals surface area contributed by atoms with Gasteiger partial charge in [-0.3, -0.25) is 4.79 Å². The molecule has 0 atom stereocenters. The molecule has 176 valence electrons. The number of benzene rings is 2. The van der Waals surface area contributed by atoms with Gasteiger partial charge in [0.15, 0.2) is 0 Å². The van der Waals surface area contributed by atoms with E-state index in [1.165, 1.54) is 9.87 Å². The van der Waals surface area contributed by atoms with Gasteiger partial charge in [0.2, 0.25) is 15.9 Å². The molecular formula is C24H36N4O3S. The van der Waals surface area contributed by atoms with E-state index in [0.29, 0.717) is 25.3 Å². The van der Waals surface area contributed by atoms with Gasteiger partial charge in [0.05, 0.1) is 22.8 Å². The monoisotopic (exact) mass is 460 g/mol. The lowest BCUT2D eigenvalue weighted by atomic mass is 10.1. The fourth-order valence-corrected chi connectivity index (χ4v) is 5.08. The number of anilines is 2. The minimum atomic E-state index is -3.59. The van der Waals surface area contributed by atoms with Crippen LogP contribution in [0.2, 0.25) is 0 Å². The largest absolute Gasteiger partial charge is 0.374 e. The fourth-order valence-electron chi connectivity index (χ4n) is 3.60. The first-order valence-electron chi connectivity index (χ1n) is 11.3. The van der Waals surface area contributed by atoms with Crippen LogP contribution in [0, 0.1) is 0 Å². The van der Waals surface area contributed by atoms with Gasteiger partial charge in [-0.2, -0.15) is 4.31 Å². The SMILES string of the molecule is CCN(CC)c1ccc(S(=O)(=O)N(CC)CC)cc1NCC(=O)NCCc1ccccc1. The van der Waals surface area contributed by atoms with Crippen LogP contribution in [0.15, 0.2) is 53.4 Å². The highest BCUT2D eigenvalue weighted by Gasteiger charge is 2.23. The lowest BCUT2D eigenvalue weighted by molar-refractivity contribution is -0.119. The Morgan fingerprint density at radius 2 is 1.56 bits per heavy atom. The molecule has 1 amide bonds. The molecule has 0 bridgehead atoms. The number of nitrogens with one attached hydrogen (secondary N) is 2. The van der Waals surface area contributed by atoms with Crippen molar-refractivity contribution < 1.29 is 13.2 Å². The van der Waals surface area contributed by atoms with Crippen molar-refractivity contribution >= 4 is 27.3 Å². The predicted molar refractivity (Wildman–Crippen MR) is 132 cm³/mol. The topological polar surface area (TPSA) is 81.8 Å². The van der Waals surface area contributed by atoms with Crippen molar-refractivity contribution in [2.75, 3.05) is 49.5 Å². The third-order valence-corrected chi connectivity index (χ3v) is 7.48. The number of amides is 1. The van der Waals surface area contributed by atoms with Crippen LogP contribution < -0.4 is 15.5 Å². The molecule has 0 aromatic heterocycles. The Kier molecular flexibility index (Phi) is 9.99. The van der Waals surface area contributed by atoms with E-state index < -0.39 is 10.0 Å². The lowest BCUT2D eigenvalue weighted by Crippen LogP contribution is -2.32. The Bertz CT molecular complexity index is 956. The maximum absolute atomic E-state index is 13.0. The van der Waals surface area contributed by atoms with Gasteiger partial charge in [0, 0.05) is 32.7 Å². The van der Waals surface area contributed by atoms with Crippen molar-refractivity contribution in [3.8, 4) is 0 Å². The molecule has 0 aliphatic rings. The van der Waals surface area contributed by atoms with E-state index in [2.05, 4.69) is 15.5 Å². The third-order valence-electron chi connectivity index (χ3n) is 5.43. The summed E-state index contributed by atoms with van der Waals surface area (Å²) in [7, 11) is -3.59. The molecule has 32 heavy (non-hydrogen) atoms. The summed E-state index contributed by atoms with van der Waals surface area (Å²) in [6.07, 6.45) is 0.759. The van der Waals surface area contributed by atoms with E-state index in [9.17, 15) is 13.2 Å². The zero-order valence-electron chi connectivity index (χ0n) is 19.6. The first-order chi connectivity index (χ1) is 15.4. The first kappa shape index (κ1) is 25.7. The summed E-state index contributed by atoms with van der Waals surface area (Å²) < 4.78 is 27.4. The number of rotatable bonds is 13. The summed E-state index contributed by atoms with van der Waals surface area (Å²) in [6.45, 7) is 10.7. The molecule has 2 aromatic carbocycles. The number of sulfonamides is 1. The molecule has 8 heteroatoms. The summed E-state index contributed by atoms with van der Waals surface area (Å²) in [5.41, 5.74) is 2.68. The second kappa shape index (κ2) is 12.5. The Labute approximate surface area is 192 Å². The molecule has 0 aliphatic carbocycles. The molecule has 0 heterocycles. The Morgan fingerprint density at radius 1 is 0.906 bits per heavy atom. The molecule has 0 radical (unpaired) electrons. The van der Waals surface area contributed by atoms with Crippen LogP contribution in [0.5, 0.6) is 0 Å². The number of carbonyl (C=O) groups excluding carboxylic acids is 1. The maximum atomic E-state index is 13.0. The number of hydrogen-bond acceptors (Lipinski definition) is 5. The Balaban J connectivity index is 2.14. The summed E-state index contributed by atoms with van der Waals surface area (Å²) in [4.78, 5) is 14.8. The lowest BCUT2D eigenvalue weighted by Gasteiger charge is -2.26. The van der Waals surface area contributed by atoms with Gasteiger partial charge in [-0.25, -0.2) is 8.42 Å². The molecule has 0 saturated heterocycles. The van der Waals surface area contributed by atoms with Gasteiger partial charge in [-0.1, -0.05) is 44.2 Å². The molecule has 0 aliphatic heterocycles. The second-order valence-corrected chi connectivity index (χ2v) is 9.32. The van der Waals surface area contributed by atoms with Crippen molar-refractivity contribution in [2.45, 2.75) is 39.0 Å². The number of hydrogen-bond donors (Lipinski definition) is 2. The highest BCUT2D eigenvalue weighted by Crippen LogP contribution is 2.30. The van der Waals surface area contributed by atoms with Gasteiger partial charge in [-0.15, -0.1) is 0 Å². The number of carbonyl (C=O) groups is 1. The van der Waals surface area contributed by atoms with Crippen LogP contribution in [-0.4, -0.2) is 57.9 Å². The van der Waals surface area contributed by atoms with Crippen LogP contribution in [-0.2, 0) is 21.2 Å². The van der Waals surface area contributed by atoms with E-state index in [-0.39, 0.29) is 17.3 Å². The highest BCUT2D eigenvalue weighted by atomic mass is 32.2. The van der Waals surface area contributed by atoms with Crippen LogP contribution in [0.4, 0.5) is 11.4 Å². The minimum Gasteiger partial charge on any atom is -0.374 e. The first-order valence-corrected chi connectivity index (χ1v) is 12.7. The molecule has 0 spiro atoms. The fraction of sp³-hybridized carbons (Fsp3) is 0.458. The minimum absolute atomic E-state index is 0.0673. The van der Waals surface area contributed by atoms with Gasteiger partial charge in [0.1, 0.15) is 0 Å². The maximum Gasteiger partial charge on any atom is 0.243 e. The predicted octanol–water partition coefficient (Wildman–Crippen LogP) is 3.33. The highest BCUT2D eigenvalue weighted by molar-refractivity contribution is 7.89. The average Bonchev–Trinajstić information content (AvgIpc) is 2.80. The molecule has 7 nitrogen and oxygen atoms in total. The average molecular weight is 461 g/mol. The van der Waals surface area contributed by atoms with E-state index in [1.54, 1.807) is 12.1 Å². The third kappa shape index (κ3) is 6.71. The van der Waals surface area contributed by atoms with Gasteiger partial charge < -0.3 is 15.5 Å². The molecule has 2 aromatic rings. The molecule has 0 unspecified atom stereocenters. The summed E-state index contributed by atoms with van der Waals surface area (Å²) in [6, 6.07) is 15.1. The van der Waals surface area contributed by atoms with Crippen molar-refractivity contribution in [2.24, 2.45) is 0 Å². The van der Waals surface area contributed by atoms with E-state index >= 15 is 0 Å². The molecule has 2 rings (SSSR count). The van der Waals surface area contributed by atoms with E-state index in [4.69, 9.17) is 0 Å². The van der Waals surface area contributed by atoms with Gasteiger partial charge in [0.25, 0.3) is 0 Å². The Hall–Kier alpha value is -2.58. The summed E-state index contributed by atoms with van der Waals surface area (Å²) in [5, 5.41) is 6.08. The summed E-state index contributed by atoms with van der Waals surface area (Å²) >= 11 is 0. The standard InChI is InChI=1S/C24H36N4O3S/c1-5-27(6-2)23-15-14-21(32(30,31)28(7-3)8-4)18-22(23)26-19-24(29)25-17-16-20-12-10-9-11-13-20/h9-15,18,26H,5-8,16-17,19H2,1-4H3,(H,25,29). The van der Waals surface area contributed by atoms with Crippen molar-refractivity contribution in [1.29, 1.82) is 0 Å². The smallest absolute Gasteiger partial charge is 0.243 e. The van der Waals surface area contributed by atoms with Crippen molar-refractivity contribution in [3.05, 3.63) is 54.1 Å². The van der Waals surface area contributed by atoms with E-state index in [1.807, 2.05) is 64.1 Å². The van der Waals surface area contributed by atoms with Crippen molar-refractivity contribution in [1.82, 2.24) is 9.62 Å². The zero-order chi connectivity index (χ0) is 23.6. The summed E-state index contributed by atoms with van der Waals surface area (Å²) in [5.74, 6) is -0.136. The normalized spacial score (nSPS) is 11.4. The van der Waals surface area contributed by atoms with Crippen LogP contribution in [0.1, 0.15) is 33.3 Å². The van der Waals surface area contributed by atoms with E-state index in [0.717, 1.165) is 25.2 Å². The van der Waals surface area contributed by atoms with Crippen LogP contribution in [0.3, 0.4) is 0 Å². The molecular weight excluding hydrogens is 424 g/mol. The second-order valence-electron chi connectivity index (χ2n) is 7.38. The van der Waals surface area contributed by atoms with Gasteiger partial charge in [-0.05, 0) is 44.0 Å². The quantitative estimate of drug-likeness (QED) is 0.479. The molecule has 0 fully saturated rings. The van der Waals surface area contributed by atoms with Crippen molar-refractivity contribution in [3.63, 3.8) is 0 Å². The number of nitrogens with zero attached hydrogens (tertiary/aromatic N) is 2. The van der Waals surface area contributed by atoms with Crippen LogP contribution >= 0.6 is 0 Å².